The summed E-state index contributed by atoms with van der Waals surface area (Å²) in [6.45, 7) is 0. The Morgan fingerprint density at radius 1 is 1.04 bits per heavy atom. The van der Waals surface area contributed by atoms with E-state index in [1.807, 2.05) is 48.8 Å². The maximum atomic E-state index is 9.15. The van der Waals surface area contributed by atoms with Crippen LogP contribution in [-0.4, -0.2) is 18.1 Å². The minimum Gasteiger partial charge on any atom is -0.269 e. The number of hydrogen-bond acceptors (Lipinski definition) is 4. The first kappa shape index (κ1) is 12.2. The van der Waals surface area contributed by atoms with E-state index in [2.05, 4.69) is 17.1 Å². The van der Waals surface area contributed by atoms with Crippen molar-refractivity contribution >= 4 is 35.1 Å². The number of para-hydroxylation sites is 1. The molecule has 4 heteroatoms. The average Bonchev–Trinajstić information content (AvgIpc) is 3.16. The van der Waals surface area contributed by atoms with E-state index in [9.17, 15) is 0 Å². The summed E-state index contributed by atoms with van der Waals surface area (Å²) in [5.74, 6) is 0. The molecule has 0 aliphatic carbocycles. The molecule has 4 nitrogen and oxygen atoms in total. The van der Waals surface area contributed by atoms with Gasteiger partial charge in [0.1, 0.15) is 0 Å². The van der Waals surface area contributed by atoms with Crippen molar-refractivity contribution in [2.45, 2.75) is 5.54 Å². The van der Waals surface area contributed by atoms with Crippen molar-refractivity contribution in [2.75, 3.05) is 0 Å². The summed E-state index contributed by atoms with van der Waals surface area (Å²) < 4.78 is 0. The van der Waals surface area contributed by atoms with Gasteiger partial charge in [-0.2, -0.15) is 5.26 Å². The summed E-state index contributed by atoms with van der Waals surface area (Å²) in [7, 11) is 0. The van der Waals surface area contributed by atoms with Crippen LogP contribution in [0.25, 0.3) is 5.57 Å². The third-order valence-corrected chi connectivity index (χ3v) is 4.49. The largest absolute Gasteiger partial charge is 0.269 e. The molecular weight excluding hydrogens is 284 g/mol. The van der Waals surface area contributed by atoms with E-state index < -0.39 is 5.54 Å². The highest BCUT2D eigenvalue weighted by molar-refractivity contribution is 6.40. The Morgan fingerprint density at radius 3 is 2.87 bits per heavy atom. The molecule has 1 atom stereocenters. The van der Waals surface area contributed by atoms with Gasteiger partial charge in [0.15, 0.2) is 5.54 Å². The minimum atomic E-state index is -0.646. The number of aliphatic imine (C=N–C) groups is 3. The average molecular weight is 294 g/mol. The van der Waals surface area contributed by atoms with Gasteiger partial charge in [-0.25, -0.2) is 4.99 Å². The van der Waals surface area contributed by atoms with Crippen LogP contribution in [0.1, 0.15) is 16.7 Å². The summed E-state index contributed by atoms with van der Waals surface area (Å²) in [6.07, 6.45) is 5.65. The van der Waals surface area contributed by atoms with Crippen LogP contribution in [0.4, 0.5) is 11.4 Å². The van der Waals surface area contributed by atoms with Crippen LogP contribution < -0.4 is 0 Å². The van der Waals surface area contributed by atoms with Gasteiger partial charge in [-0.05, 0) is 30.3 Å². The molecule has 5 rings (SSSR count). The zero-order valence-electron chi connectivity index (χ0n) is 12.1. The van der Waals surface area contributed by atoms with Gasteiger partial charge >= 0.3 is 0 Å². The lowest BCUT2D eigenvalue weighted by Crippen LogP contribution is -2.35. The summed E-state index contributed by atoms with van der Waals surface area (Å²) in [4.78, 5) is 14.1. The van der Waals surface area contributed by atoms with Crippen LogP contribution in [0.2, 0.25) is 0 Å². The van der Waals surface area contributed by atoms with Crippen molar-refractivity contribution in [1.82, 2.24) is 0 Å². The zero-order valence-corrected chi connectivity index (χ0v) is 12.1. The van der Waals surface area contributed by atoms with Crippen molar-refractivity contribution in [3.63, 3.8) is 0 Å². The fraction of sp³-hybridized carbons (Fsp3) is 0.0526. The highest BCUT2D eigenvalue weighted by Crippen LogP contribution is 2.48. The molecule has 0 aromatic heterocycles. The second-order valence-electron chi connectivity index (χ2n) is 5.70. The molecule has 3 aliphatic rings. The number of rotatable bonds is 0. The number of allylic oxidation sites excluding steroid dienone is 1. The predicted octanol–water partition coefficient (Wildman–Crippen LogP) is 3.72. The van der Waals surface area contributed by atoms with Gasteiger partial charge in [0.2, 0.25) is 0 Å². The lowest BCUT2D eigenvalue weighted by atomic mass is 9.81. The second-order valence-corrected chi connectivity index (χ2v) is 5.70. The summed E-state index contributed by atoms with van der Waals surface area (Å²) in [5, 5.41) is 9.15. The molecule has 3 heterocycles. The SMILES string of the molecule is N#Cc1ccc2c(c1)C1=CC=NC3(C=Nc4ccccc43)C1=N2. The highest BCUT2D eigenvalue weighted by Gasteiger charge is 2.45. The lowest BCUT2D eigenvalue weighted by molar-refractivity contribution is 0.862. The van der Waals surface area contributed by atoms with Crippen LogP contribution in [0.5, 0.6) is 0 Å². The normalized spacial score (nSPS) is 22.2. The minimum absolute atomic E-state index is 0.637. The van der Waals surface area contributed by atoms with Gasteiger partial charge in [-0.3, -0.25) is 9.98 Å². The Kier molecular flexibility index (Phi) is 2.19. The molecule has 0 N–H and O–H groups in total. The fourth-order valence-electron chi connectivity index (χ4n) is 3.41. The molecule has 2 aromatic carbocycles. The van der Waals surface area contributed by atoms with E-state index in [4.69, 9.17) is 15.2 Å². The topological polar surface area (TPSA) is 60.9 Å². The Labute approximate surface area is 132 Å². The number of benzene rings is 2. The molecular formula is C19H10N4. The van der Waals surface area contributed by atoms with Crippen molar-refractivity contribution in [1.29, 1.82) is 5.26 Å². The zero-order chi connectivity index (χ0) is 15.4. The molecule has 0 saturated carbocycles. The van der Waals surface area contributed by atoms with Gasteiger partial charge in [-0.15, -0.1) is 0 Å². The molecule has 0 saturated heterocycles. The monoisotopic (exact) mass is 294 g/mol. The van der Waals surface area contributed by atoms with E-state index in [0.717, 1.165) is 33.8 Å². The number of hydrogen-bond donors (Lipinski definition) is 0. The number of dihydropyridines is 1. The van der Waals surface area contributed by atoms with Crippen molar-refractivity contribution in [3.8, 4) is 6.07 Å². The second kappa shape index (κ2) is 4.11. The molecule has 106 valence electrons. The quantitative estimate of drug-likeness (QED) is 0.730. The third-order valence-electron chi connectivity index (χ3n) is 4.49. The first-order chi connectivity index (χ1) is 11.3. The maximum Gasteiger partial charge on any atom is 0.165 e. The summed E-state index contributed by atoms with van der Waals surface area (Å²) in [5.41, 5.74) is 5.76. The van der Waals surface area contributed by atoms with Crippen molar-refractivity contribution < 1.29 is 0 Å². The number of fused-ring (bicyclic) bond motifs is 6. The number of nitriles is 1. The summed E-state index contributed by atoms with van der Waals surface area (Å²) >= 11 is 0. The Bertz CT molecular complexity index is 1030. The first-order valence-corrected chi connectivity index (χ1v) is 7.36. The smallest absolute Gasteiger partial charge is 0.165 e. The molecule has 3 aliphatic heterocycles. The maximum absolute atomic E-state index is 9.15. The lowest BCUT2D eigenvalue weighted by Gasteiger charge is -2.26. The molecule has 0 radical (unpaired) electrons. The van der Waals surface area contributed by atoms with Gasteiger partial charge in [-0.1, -0.05) is 18.2 Å². The van der Waals surface area contributed by atoms with Gasteiger partial charge < -0.3 is 0 Å². The van der Waals surface area contributed by atoms with Crippen LogP contribution in [0, 0.1) is 11.3 Å². The van der Waals surface area contributed by atoms with Gasteiger partial charge in [0, 0.05) is 29.1 Å². The molecule has 1 spiro atoms. The van der Waals surface area contributed by atoms with E-state index in [1.165, 1.54) is 0 Å². The first-order valence-electron chi connectivity index (χ1n) is 7.36. The Balaban J connectivity index is 1.75. The number of nitrogens with zero attached hydrogens (tertiary/aromatic N) is 4. The van der Waals surface area contributed by atoms with Crippen molar-refractivity contribution in [2.24, 2.45) is 15.0 Å². The predicted molar refractivity (Wildman–Crippen MR) is 91.0 cm³/mol. The van der Waals surface area contributed by atoms with E-state index >= 15 is 0 Å². The van der Waals surface area contributed by atoms with Crippen LogP contribution in [0.3, 0.4) is 0 Å². The summed E-state index contributed by atoms with van der Waals surface area (Å²) in [6, 6.07) is 15.8. The highest BCUT2D eigenvalue weighted by atomic mass is 15.0. The van der Waals surface area contributed by atoms with Crippen LogP contribution in [0.15, 0.2) is 63.5 Å². The van der Waals surface area contributed by atoms with E-state index in [1.54, 1.807) is 6.07 Å². The van der Waals surface area contributed by atoms with E-state index in [-0.39, 0.29) is 0 Å². The van der Waals surface area contributed by atoms with Crippen LogP contribution in [-0.2, 0) is 5.54 Å². The molecule has 0 bridgehead atoms. The van der Waals surface area contributed by atoms with Gasteiger partial charge in [0.05, 0.1) is 28.7 Å². The molecule has 0 fully saturated rings. The van der Waals surface area contributed by atoms with Gasteiger partial charge in [0.25, 0.3) is 0 Å². The Morgan fingerprint density at radius 2 is 1.96 bits per heavy atom. The van der Waals surface area contributed by atoms with E-state index in [0.29, 0.717) is 5.56 Å². The molecule has 2 aromatic rings. The standard InChI is InChI=1S/C19H10N4/c20-10-12-5-6-16-14(9-12)13-7-8-22-19(18(13)23-16)11-21-17-4-2-1-3-15(17)19/h1-9,11H. The van der Waals surface area contributed by atoms with Crippen LogP contribution >= 0.6 is 0 Å². The fourth-order valence-corrected chi connectivity index (χ4v) is 3.41. The molecule has 0 amide bonds. The molecule has 23 heavy (non-hydrogen) atoms. The van der Waals surface area contributed by atoms with Crippen molar-refractivity contribution in [3.05, 3.63) is 65.2 Å². The Hall–Kier alpha value is -3.32. The third kappa shape index (κ3) is 1.46. The molecule has 1 unspecified atom stereocenters.